The highest BCUT2D eigenvalue weighted by atomic mass is 32.2. The zero-order valence-electron chi connectivity index (χ0n) is 20.2. The Hall–Kier alpha value is -3.93. The fourth-order valence-electron chi connectivity index (χ4n) is 4.76. The lowest BCUT2D eigenvalue weighted by Crippen LogP contribution is -2.55. The summed E-state index contributed by atoms with van der Waals surface area (Å²) in [6, 6.07) is 10.9. The fraction of sp³-hybridized carbons (Fsp3) is 0.320. The predicted molar refractivity (Wildman–Crippen MR) is 133 cm³/mol. The van der Waals surface area contributed by atoms with E-state index in [0.717, 1.165) is 11.8 Å². The number of nitrogens with one attached hydrogen (secondary N) is 2. The van der Waals surface area contributed by atoms with E-state index in [1.807, 2.05) is 19.1 Å². The minimum atomic E-state index is -3.62. The van der Waals surface area contributed by atoms with Gasteiger partial charge in [-0.1, -0.05) is 0 Å². The number of carbonyl (C=O) groups is 2. The summed E-state index contributed by atoms with van der Waals surface area (Å²) >= 11 is 0. The van der Waals surface area contributed by atoms with Crippen molar-refractivity contribution in [1.29, 1.82) is 0 Å². The number of amides is 2. The van der Waals surface area contributed by atoms with Crippen molar-refractivity contribution in [3.05, 3.63) is 59.5 Å². The molecule has 2 aromatic carbocycles. The second kappa shape index (κ2) is 9.18. The second-order valence-corrected chi connectivity index (χ2v) is 11.2. The first-order valence-electron chi connectivity index (χ1n) is 11.7. The Bertz CT molecular complexity index is 1500. The lowest BCUT2D eigenvalue weighted by Gasteiger charge is -2.42. The quantitative estimate of drug-likeness (QED) is 0.503. The van der Waals surface area contributed by atoms with Gasteiger partial charge in [0, 0.05) is 29.9 Å². The van der Waals surface area contributed by atoms with E-state index in [1.165, 1.54) is 28.9 Å². The number of hydrogen-bond acceptors (Lipinski definition) is 7. The minimum absolute atomic E-state index is 0.0617. The molecule has 0 bridgehead atoms. The predicted octanol–water partition coefficient (Wildman–Crippen LogP) is 2.49. The standard InChI is InChI=1S/C25H25FN4O6S/c1-3-35-17-8-9-18-19(12-17)36-11-10-25(18)14-30-23(24(32)28-25)22(27-20(31)13-37(2,33)34)21(29-30)15-4-6-16(26)7-5-15/h4-9,12H,3,10-11,13-14H2,1-2H3,(H,27,31)(H,28,32)/t25-/m0/s1. The molecule has 1 aromatic heterocycles. The highest BCUT2D eigenvalue weighted by molar-refractivity contribution is 7.91. The van der Waals surface area contributed by atoms with Crippen LogP contribution in [0, 0.1) is 5.82 Å². The number of benzene rings is 2. The molecule has 0 saturated heterocycles. The van der Waals surface area contributed by atoms with Crippen molar-refractivity contribution in [2.24, 2.45) is 0 Å². The van der Waals surface area contributed by atoms with Gasteiger partial charge in [0.05, 0.1) is 25.3 Å². The van der Waals surface area contributed by atoms with Gasteiger partial charge in [0.15, 0.2) is 15.5 Å². The number of fused-ring (bicyclic) bond motifs is 3. The van der Waals surface area contributed by atoms with Crippen LogP contribution in [-0.4, -0.2) is 55.2 Å². The topological polar surface area (TPSA) is 129 Å². The Labute approximate surface area is 212 Å². The van der Waals surface area contributed by atoms with Crippen molar-refractivity contribution in [1.82, 2.24) is 15.1 Å². The summed E-state index contributed by atoms with van der Waals surface area (Å²) < 4.78 is 49.9. The van der Waals surface area contributed by atoms with Crippen LogP contribution in [0.2, 0.25) is 0 Å². The summed E-state index contributed by atoms with van der Waals surface area (Å²) in [5.74, 6) is -1.29. The molecule has 0 saturated carbocycles. The highest BCUT2D eigenvalue weighted by Gasteiger charge is 2.46. The van der Waals surface area contributed by atoms with Crippen molar-refractivity contribution >= 4 is 27.3 Å². The van der Waals surface area contributed by atoms with Crippen LogP contribution in [0.5, 0.6) is 11.5 Å². The molecule has 194 valence electrons. The maximum atomic E-state index is 13.6. The Balaban J connectivity index is 1.59. The highest BCUT2D eigenvalue weighted by Crippen LogP contribution is 2.43. The number of halogens is 1. The molecule has 10 nitrogen and oxygen atoms in total. The lowest BCUT2D eigenvalue weighted by atomic mass is 9.83. The summed E-state index contributed by atoms with van der Waals surface area (Å²) in [5, 5.41) is 10.3. The smallest absolute Gasteiger partial charge is 0.272 e. The van der Waals surface area contributed by atoms with Gasteiger partial charge in [-0.15, -0.1) is 0 Å². The number of sulfone groups is 1. The summed E-state index contributed by atoms with van der Waals surface area (Å²) in [6.45, 7) is 2.96. The van der Waals surface area contributed by atoms with Gasteiger partial charge in [0.2, 0.25) is 5.91 Å². The molecule has 0 fully saturated rings. The molecule has 0 aliphatic carbocycles. The van der Waals surface area contributed by atoms with Crippen LogP contribution in [0.15, 0.2) is 42.5 Å². The first-order chi connectivity index (χ1) is 17.6. The Morgan fingerprint density at radius 3 is 2.73 bits per heavy atom. The van der Waals surface area contributed by atoms with Crippen LogP contribution in [0.25, 0.3) is 11.3 Å². The number of rotatable bonds is 6. The van der Waals surface area contributed by atoms with Gasteiger partial charge < -0.3 is 20.1 Å². The van der Waals surface area contributed by atoms with E-state index in [1.54, 1.807) is 6.07 Å². The third-order valence-corrected chi connectivity index (χ3v) is 7.07. The van der Waals surface area contributed by atoms with Gasteiger partial charge in [0.1, 0.15) is 34.5 Å². The molecule has 37 heavy (non-hydrogen) atoms. The average Bonchev–Trinajstić information content (AvgIpc) is 3.16. The molecule has 2 aliphatic rings. The molecule has 1 atom stereocenters. The summed E-state index contributed by atoms with van der Waals surface area (Å²) in [6.07, 6.45) is 1.41. The number of nitrogens with zero attached hydrogens (tertiary/aromatic N) is 2. The molecule has 3 aromatic rings. The van der Waals surface area contributed by atoms with E-state index in [4.69, 9.17) is 9.47 Å². The van der Waals surface area contributed by atoms with Gasteiger partial charge in [-0.2, -0.15) is 5.10 Å². The lowest BCUT2D eigenvalue weighted by molar-refractivity contribution is -0.113. The molecular formula is C25H25FN4O6S. The third kappa shape index (κ3) is 4.76. The molecule has 1 spiro atoms. The van der Waals surface area contributed by atoms with Crippen molar-refractivity contribution in [2.75, 3.05) is 30.5 Å². The van der Waals surface area contributed by atoms with Gasteiger partial charge in [-0.25, -0.2) is 12.8 Å². The van der Waals surface area contributed by atoms with Crippen LogP contribution in [-0.2, 0) is 26.7 Å². The monoisotopic (exact) mass is 528 g/mol. The van der Waals surface area contributed by atoms with Crippen molar-refractivity contribution in [3.8, 4) is 22.8 Å². The Kier molecular flexibility index (Phi) is 6.14. The van der Waals surface area contributed by atoms with Crippen molar-refractivity contribution < 1.29 is 31.9 Å². The van der Waals surface area contributed by atoms with E-state index in [-0.39, 0.29) is 23.6 Å². The largest absolute Gasteiger partial charge is 0.494 e. The average molecular weight is 529 g/mol. The van der Waals surface area contributed by atoms with E-state index >= 15 is 0 Å². The summed E-state index contributed by atoms with van der Waals surface area (Å²) in [4.78, 5) is 26.1. The number of aromatic nitrogens is 2. The molecule has 5 rings (SSSR count). The molecule has 0 unspecified atom stereocenters. The maximum absolute atomic E-state index is 13.6. The first-order valence-corrected chi connectivity index (χ1v) is 13.7. The second-order valence-electron chi connectivity index (χ2n) is 9.08. The van der Waals surface area contributed by atoms with Crippen molar-refractivity contribution in [2.45, 2.75) is 25.4 Å². The van der Waals surface area contributed by atoms with Gasteiger partial charge >= 0.3 is 0 Å². The zero-order valence-corrected chi connectivity index (χ0v) is 21.0. The molecule has 3 heterocycles. The maximum Gasteiger partial charge on any atom is 0.272 e. The zero-order chi connectivity index (χ0) is 26.4. The van der Waals surface area contributed by atoms with E-state index in [9.17, 15) is 22.4 Å². The Morgan fingerprint density at radius 2 is 2.03 bits per heavy atom. The molecular weight excluding hydrogens is 503 g/mol. The van der Waals surface area contributed by atoms with E-state index in [2.05, 4.69) is 15.7 Å². The number of ether oxygens (including phenoxy) is 2. The molecule has 2 aliphatic heterocycles. The van der Waals surface area contributed by atoms with Crippen LogP contribution < -0.4 is 20.1 Å². The first kappa shape index (κ1) is 24.8. The van der Waals surface area contributed by atoms with Gasteiger partial charge in [0.25, 0.3) is 5.91 Å². The summed E-state index contributed by atoms with van der Waals surface area (Å²) in [7, 11) is -3.62. The van der Waals surface area contributed by atoms with Crippen molar-refractivity contribution in [3.63, 3.8) is 0 Å². The van der Waals surface area contributed by atoms with Crippen LogP contribution in [0.4, 0.5) is 10.1 Å². The number of carbonyl (C=O) groups excluding carboxylic acids is 2. The fourth-order valence-corrected chi connectivity index (χ4v) is 5.31. The molecule has 2 amide bonds. The van der Waals surface area contributed by atoms with E-state index < -0.39 is 38.8 Å². The number of anilines is 1. The van der Waals surface area contributed by atoms with Crippen LogP contribution in [0.1, 0.15) is 29.4 Å². The molecule has 2 N–H and O–H groups in total. The number of hydrogen-bond donors (Lipinski definition) is 2. The third-order valence-electron chi connectivity index (χ3n) is 6.28. The molecule has 12 heteroatoms. The summed E-state index contributed by atoms with van der Waals surface area (Å²) in [5.41, 5.74) is 0.749. The van der Waals surface area contributed by atoms with Gasteiger partial charge in [-0.3, -0.25) is 14.3 Å². The van der Waals surface area contributed by atoms with Gasteiger partial charge in [-0.05, 0) is 43.3 Å². The normalized spacial score (nSPS) is 18.4. The molecule has 0 radical (unpaired) electrons. The minimum Gasteiger partial charge on any atom is -0.494 e. The van der Waals surface area contributed by atoms with E-state index in [0.29, 0.717) is 36.7 Å². The SMILES string of the molecule is CCOc1ccc2c(c1)OCC[C@]21Cn2nc(-c3ccc(F)cc3)c(NC(=O)CS(C)(=O)=O)c2C(=O)N1. The van der Waals surface area contributed by atoms with Crippen LogP contribution >= 0.6 is 0 Å². The van der Waals surface area contributed by atoms with Crippen LogP contribution in [0.3, 0.4) is 0 Å². The Morgan fingerprint density at radius 1 is 1.27 bits per heavy atom.